The summed E-state index contributed by atoms with van der Waals surface area (Å²) in [6.45, 7) is 0.366. The molecule has 3 nitrogen and oxygen atoms in total. The van der Waals surface area contributed by atoms with Crippen LogP contribution in [-0.4, -0.2) is 13.1 Å². The largest absolute Gasteiger partial charge is 0.469 e. The molecule has 0 bridgehead atoms. The lowest BCUT2D eigenvalue weighted by Crippen LogP contribution is -2.09. The zero-order chi connectivity index (χ0) is 14.4. The predicted octanol–water partition coefficient (Wildman–Crippen LogP) is 3.58. The highest BCUT2D eigenvalue weighted by Gasteiger charge is 2.08. The van der Waals surface area contributed by atoms with Gasteiger partial charge in [0, 0.05) is 17.8 Å². The minimum atomic E-state index is -0.301. The molecule has 0 fully saturated rings. The Morgan fingerprint density at radius 1 is 1.10 bits per heavy atom. The van der Waals surface area contributed by atoms with Crippen molar-refractivity contribution in [1.29, 1.82) is 0 Å². The number of carbonyl (C=O) groups excluding carboxylic acids is 1. The van der Waals surface area contributed by atoms with Crippen molar-refractivity contribution in [2.24, 2.45) is 0 Å². The van der Waals surface area contributed by atoms with E-state index >= 15 is 0 Å². The Balaban J connectivity index is 0.00000220. The van der Waals surface area contributed by atoms with E-state index in [1.807, 2.05) is 24.3 Å². The summed E-state index contributed by atoms with van der Waals surface area (Å²) in [7, 11) is 1.36. The molecule has 2 rings (SSSR count). The van der Waals surface area contributed by atoms with Gasteiger partial charge in [-0.1, -0.05) is 36.4 Å². The molecular formula is C16H17ClFNO2. The first-order valence-corrected chi connectivity index (χ1v) is 6.32. The second kappa shape index (κ2) is 8.27. The summed E-state index contributed by atoms with van der Waals surface area (Å²) in [6.07, 6.45) is 0.191. The van der Waals surface area contributed by atoms with Crippen LogP contribution in [0.1, 0.15) is 11.1 Å². The number of para-hydroxylation sites is 1. The van der Waals surface area contributed by atoms with E-state index in [-0.39, 0.29) is 30.6 Å². The van der Waals surface area contributed by atoms with Crippen LogP contribution < -0.4 is 5.32 Å². The maximum absolute atomic E-state index is 13.5. The van der Waals surface area contributed by atoms with Crippen LogP contribution in [0.5, 0.6) is 0 Å². The van der Waals surface area contributed by atoms with Crippen molar-refractivity contribution >= 4 is 24.1 Å². The van der Waals surface area contributed by atoms with Crippen molar-refractivity contribution < 1.29 is 13.9 Å². The van der Waals surface area contributed by atoms with Gasteiger partial charge in [-0.25, -0.2) is 4.39 Å². The molecule has 2 aromatic rings. The van der Waals surface area contributed by atoms with Gasteiger partial charge in [-0.05, 0) is 17.7 Å². The van der Waals surface area contributed by atoms with Gasteiger partial charge >= 0.3 is 5.97 Å². The number of methoxy groups -OCH3 is 1. The van der Waals surface area contributed by atoms with Crippen molar-refractivity contribution in [3.05, 3.63) is 65.5 Å². The van der Waals surface area contributed by atoms with Crippen molar-refractivity contribution in [3.63, 3.8) is 0 Å². The summed E-state index contributed by atoms with van der Waals surface area (Å²) in [5.41, 5.74) is 2.22. The van der Waals surface area contributed by atoms with E-state index in [9.17, 15) is 9.18 Å². The number of hydrogen-bond donors (Lipinski definition) is 1. The van der Waals surface area contributed by atoms with Gasteiger partial charge in [-0.3, -0.25) is 4.79 Å². The summed E-state index contributed by atoms with van der Waals surface area (Å²) < 4.78 is 18.2. The molecule has 0 spiro atoms. The first-order chi connectivity index (χ1) is 9.70. The fourth-order valence-corrected chi connectivity index (χ4v) is 1.91. The number of carbonyl (C=O) groups is 1. The van der Waals surface area contributed by atoms with Crippen LogP contribution in [0.25, 0.3) is 0 Å². The lowest BCUT2D eigenvalue weighted by molar-refractivity contribution is -0.139. The van der Waals surface area contributed by atoms with E-state index in [1.165, 1.54) is 13.2 Å². The van der Waals surface area contributed by atoms with Crippen molar-refractivity contribution in [2.75, 3.05) is 12.4 Å². The molecule has 112 valence electrons. The van der Waals surface area contributed by atoms with Gasteiger partial charge in [0.25, 0.3) is 0 Å². The van der Waals surface area contributed by atoms with Gasteiger partial charge in [0.15, 0.2) is 0 Å². The molecule has 0 heterocycles. The zero-order valence-electron chi connectivity index (χ0n) is 11.6. The molecule has 0 unspecified atom stereocenters. The highest BCUT2D eigenvalue weighted by molar-refractivity contribution is 5.85. The molecule has 21 heavy (non-hydrogen) atoms. The Labute approximate surface area is 129 Å². The Bertz CT molecular complexity index is 604. The maximum atomic E-state index is 13.5. The quantitative estimate of drug-likeness (QED) is 0.858. The summed E-state index contributed by atoms with van der Waals surface area (Å²) in [4.78, 5) is 11.4. The summed E-state index contributed by atoms with van der Waals surface area (Å²) in [5, 5.41) is 3.15. The van der Waals surface area contributed by atoms with E-state index in [0.717, 1.165) is 11.3 Å². The van der Waals surface area contributed by atoms with Gasteiger partial charge in [0.1, 0.15) is 5.82 Å². The fraction of sp³-hybridized carbons (Fsp3) is 0.188. The zero-order valence-corrected chi connectivity index (χ0v) is 12.5. The van der Waals surface area contributed by atoms with Gasteiger partial charge < -0.3 is 10.1 Å². The normalized spacial score (nSPS) is 9.62. The molecule has 2 aromatic carbocycles. The molecule has 0 atom stereocenters. The molecular weight excluding hydrogens is 293 g/mol. The molecule has 0 radical (unpaired) electrons. The third kappa shape index (κ3) is 4.76. The van der Waals surface area contributed by atoms with E-state index in [1.54, 1.807) is 18.2 Å². The number of benzene rings is 2. The molecule has 0 saturated carbocycles. The summed E-state index contributed by atoms with van der Waals surface area (Å²) in [5.74, 6) is -0.546. The van der Waals surface area contributed by atoms with Crippen LogP contribution in [0.2, 0.25) is 0 Å². The second-order valence-electron chi connectivity index (χ2n) is 4.36. The smallest absolute Gasteiger partial charge is 0.310 e. The average molecular weight is 310 g/mol. The van der Waals surface area contributed by atoms with Gasteiger partial charge in [0.05, 0.1) is 13.5 Å². The number of halogens is 2. The molecule has 0 aliphatic rings. The highest BCUT2D eigenvalue weighted by Crippen LogP contribution is 2.18. The average Bonchev–Trinajstić information content (AvgIpc) is 2.47. The van der Waals surface area contributed by atoms with Crippen LogP contribution in [0, 0.1) is 5.82 Å². The Kier molecular flexibility index (Phi) is 6.69. The van der Waals surface area contributed by atoms with E-state index < -0.39 is 0 Å². The molecule has 0 saturated heterocycles. The molecule has 0 aromatic heterocycles. The lowest BCUT2D eigenvalue weighted by Gasteiger charge is -2.11. The Morgan fingerprint density at radius 3 is 2.38 bits per heavy atom. The molecule has 0 amide bonds. The van der Waals surface area contributed by atoms with Crippen LogP contribution >= 0.6 is 12.4 Å². The third-order valence-corrected chi connectivity index (χ3v) is 3.01. The van der Waals surface area contributed by atoms with Crippen molar-refractivity contribution in [3.8, 4) is 0 Å². The summed E-state index contributed by atoms with van der Waals surface area (Å²) in [6, 6.07) is 14.0. The van der Waals surface area contributed by atoms with E-state index in [0.29, 0.717) is 12.1 Å². The molecule has 0 aliphatic heterocycles. The predicted molar refractivity (Wildman–Crippen MR) is 83.1 cm³/mol. The van der Waals surface area contributed by atoms with E-state index in [2.05, 4.69) is 10.1 Å². The van der Waals surface area contributed by atoms with Gasteiger partial charge in [-0.2, -0.15) is 0 Å². The number of rotatable bonds is 5. The maximum Gasteiger partial charge on any atom is 0.310 e. The number of nitrogens with one attached hydrogen (secondary N) is 1. The monoisotopic (exact) mass is 309 g/mol. The lowest BCUT2D eigenvalue weighted by atomic mass is 10.1. The standard InChI is InChI=1S/C16H16FNO2.ClH/c1-20-16(19)10-12-6-3-5-9-15(12)18-11-13-7-2-4-8-14(13)17;/h2-9,18H,10-11H2,1H3;1H. The Hall–Kier alpha value is -2.07. The fourth-order valence-electron chi connectivity index (χ4n) is 1.91. The van der Waals surface area contributed by atoms with Crippen molar-refractivity contribution in [2.45, 2.75) is 13.0 Å². The van der Waals surface area contributed by atoms with E-state index in [4.69, 9.17) is 0 Å². The molecule has 1 N–H and O–H groups in total. The first-order valence-electron chi connectivity index (χ1n) is 6.32. The second-order valence-corrected chi connectivity index (χ2v) is 4.36. The van der Waals surface area contributed by atoms with Crippen LogP contribution in [0.15, 0.2) is 48.5 Å². The number of hydrogen-bond acceptors (Lipinski definition) is 3. The number of anilines is 1. The molecule has 0 aliphatic carbocycles. The van der Waals surface area contributed by atoms with Crippen molar-refractivity contribution in [1.82, 2.24) is 0 Å². The van der Waals surface area contributed by atoms with Crippen LogP contribution in [0.3, 0.4) is 0 Å². The first kappa shape index (κ1) is 17.0. The number of ether oxygens (including phenoxy) is 1. The van der Waals surface area contributed by atoms with Gasteiger partial charge in [0.2, 0.25) is 0 Å². The summed E-state index contributed by atoms with van der Waals surface area (Å²) >= 11 is 0. The van der Waals surface area contributed by atoms with Crippen LogP contribution in [0.4, 0.5) is 10.1 Å². The molecule has 5 heteroatoms. The third-order valence-electron chi connectivity index (χ3n) is 3.01. The topological polar surface area (TPSA) is 38.3 Å². The highest BCUT2D eigenvalue weighted by atomic mass is 35.5. The minimum Gasteiger partial charge on any atom is -0.469 e. The minimum absolute atomic E-state index is 0. The van der Waals surface area contributed by atoms with Gasteiger partial charge in [-0.15, -0.1) is 12.4 Å². The number of esters is 1. The SMILES string of the molecule is COC(=O)Cc1ccccc1NCc1ccccc1F.Cl. The van der Waals surface area contributed by atoms with Crippen LogP contribution in [-0.2, 0) is 22.5 Å². The Morgan fingerprint density at radius 2 is 1.71 bits per heavy atom.